The molecule has 2 amide bonds. The molecule has 2 aliphatic rings. The fourth-order valence-corrected chi connectivity index (χ4v) is 3.47. The molecule has 1 aliphatic carbocycles. The summed E-state index contributed by atoms with van der Waals surface area (Å²) in [6.07, 6.45) is 4.25. The number of nitrogens with zero attached hydrogens (tertiary/aromatic N) is 2. The third-order valence-electron chi connectivity index (χ3n) is 5.01. The maximum absolute atomic E-state index is 12.5. The maximum atomic E-state index is 12.5. The number of urea groups is 1. The summed E-state index contributed by atoms with van der Waals surface area (Å²) in [5, 5.41) is 3.05. The van der Waals surface area contributed by atoms with Crippen LogP contribution in [0.3, 0.4) is 0 Å². The van der Waals surface area contributed by atoms with Crippen LogP contribution in [0.5, 0.6) is 0 Å². The van der Waals surface area contributed by atoms with E-state index in [9.17, 15) is 4.79 Å². The predicted molar refractivity (Wildman–Crippen MR) is 109 cm³/mol. The van der Waals surface area contributed by atoms with E-state index in [1.165, 1.54) is 6.42 Å². The van der Waals surface area contributed by atoms with Crippen LogP contribution in [0.4, 0.5) is 10.5 Å². The normalized spacial score (nSPS) is 20.8. The fourth-order valence-electron chi connectivity index (χ4n) is 3.47. The molecule has 138 valence electrons. The lowest BCUT2D eigenvalue weighted by molar-refractivity contribution is 0.197. The lowest BCUT2D eigenvalue weighted by Crippen LogP contribution is -2.39. The fraction of sp³-hybridized carbons (Fsp3) is 0.429. The van der Waals surface area contributed by atoms with Crippen molar-refractivity contribution in [3.63, 3.8) is 0 Å². The van der Waals surface area contributed by atoms with Crippen molar-refractivity contribution in [1.82, 2.24) is 9.88 Å². The Hall–Kier alpha value is -2.36. The number of carbonyl (C=O) groups excluding carboxylic acids is 1. The summed E-state index contributed by atoms with van der Waals surface area (Å²) in [6, 6.07) is 11.9. The van der Waals surface area contributed by atoms with Crippen molar-refractivity contribution >= 4 is 11.7 Å². The number of amides is 2. The molecule has 1 aromatic carbocycles. The van der Waals surface area contributed by atoms with Gasteiger partial charge in [-0.3, -0.25) is 4.98 Å². The zero-order valence-electron chi connectivity index (χ0n) is 15.3. The molecule has 4 heteroatoms. The van der Waals surface area contributed by atoms with Gasteiger partial charge in [0.2, 0.25) is 0 Å². The highest BCUT2D eigenvalue weighted by Gasteiger charge is 2.42. The van der Waals surface area contributed by atoms with E-state index in [0.29, 0.717) is 0 Å². The number of benzene rings is 1. The van der Waals surface area contributed by atoms with Crippen LogP contribution in [0, 0.1) is 18.8 Å². The minimum Gasteiger partial charge on any atom is -0.324 e. The van der Waals surface area contributed by atoms with E-state index in [0.717, 1.165) is 53.9 Å². The van der Waals surface area contributed by atoms with Crippen LogP contribution in [0.1, 0.15) is 36.5 Å². The van der Waals surface area contributed by atoms with Gasteiger partial charge in [-0.05, 0) is 61.4 Å². The number of hydrogen-bond donors (Lipinski definition) is 1. The standard InChI is InChI=1S/C19H21N3O.C2H6.3H2/c1-13-5-6-16(11-17(13)18-4-2-3-8-20-18)21-19(23)22-9-7-14-10-15(14)12-22;1-2;;;/h2-6,8,11,14-15H,7,9-10,12H2,1H3,(H,21,23);1-2H3;3*1H. The predicted octanol–water partition coefficient (Wildman–Crippen LogP) is 5.69. The molecule has 1 saturated carbocycles. The number of carbonyl (C=O) groups is 1. The number of fused-ring (bicyclic) bond motifs is 1. The topological polar surface area (TPSA) is 45.2 Å². The van der Waals surface area contributed by atoms with Crippen LogP contribution in [0.2, 0.25) is 0 Å². The SMILES string of the molecule is CC.Cc1ccc(NC(=O)N2CCC3CC3C2)cc1-c1ccccn1.[HH].[HH].[HH]. The molecule has 1 aliphatic heterocycles. The molecule has 1 N–H and O–H groups in total. The zero-order valence-corrected chi connectivity index (χ0v) is 15.3. The van der Waals surface area contributed by atoms with Crippen molar-refractivity contribution in [2.45, 2.75) is 33.6 Å². The van der Waals surface area contributed by atoms with Crippen LogP contribution in [-0.4, -0.2) is 29.0 Å². The Morgan fingerprint density at radius 2 is 2.08 bits per heavy atom. The van der Waals surface area contributed by atoms with Gasteiger partial charge in [0.05, 0.1) is 5.69 Å². The van der Waals surface area contributed by atoms with Gasteiger partial charge in [-0.25, -0.2) is 4.79 Å². The molecule has 0 radical (unpaired) electrons. The van der Waals surface area contributed by atoms with Gasteiger partial charge >= 0.3 is 6.03 Å². The van der Waals surface area contributed by atoms with Crippen molar-refractivity contribution in [1.29, 1.82) is 0 Å². The van der Waals surface area contributed by atoms with Crippen LogP contribution in [0.15, 0.2) is 42.6 Å². The highest BCUT2D eigenvalue weighted by molar-refractivity contribution is 5.90. The molecule has 2 fully saturated rings. The second kappa shape index (κ2) is 7.68. The number of likely N-dealkylation sites (tertiary alicyclic amines) is 1. The Kier molecular flexibility index (Phi) is 5.37. The first kappa shape index (κ1) is 17.5. The second-order valence-corrected chi connectivity index (χ2v) is 6.67. The quantitative estimate of drug-likeness (QED) is 0.760. The van der Waals surface area contributed by atoms with Crippen LogP contribution >= 0.6 is 0 Å². The Bertz CT molecular complexity index is 743. The number of piperidine rings is 1. The van der Waals surface area contributed by atoms with E-state index < -0.39 is 0 Å². The number of aryl methyl sites for hydroxylation is 1. The van der Waals surface area contributed by atoms with Crippen LogP contribution in [0.25, 0.3) is 11.3 Å². The molecule has 2 atom stereocenters. The van der Waals surface area contributed by atoms with Gasteiger partial charge in [0.15, 0.2) is 0 Å². The Balaban J connectivity index is 0.00000141. The summed E-state index contributed by atoms with van der Waals surface area (Å²) in [7, 11) is 0. The van der Waals surface area contributed by atoms with Crippen molar-refractivity contribution in [2.75, 3.05) is 18.4 Å². The maximum Gasteiger partial charge on any atom is 0.321 e. The zero-order chi connectivity index (χ0) is 17.8. The third kappa shape index (κ3) is 4.01. The summed E-state index contributed by atoms with van der Waals surface area (Å²) in [6.45, 7) is 7.86. The molecular weight excluding hydrogens is 310 g/mol. The monoisotopic (exact) mass is 343 g/mol. The molecule has 0 bridgehead atoms. The van der Waals surface area contributed by atoms with E-state index in [-0.39, 0.29) is 10.3 Å². The lowest BCUT2D eigenvalue weighted by atomic mass is 10.0. The van der Waals surface area contributed by atoms with Gasteiger partial charge in [-0.2, -0.15) is 0 Å². The van der Waals surface area contributed by atoms with Gasteiger partial charge in [0.25, 0.3) is 0 Å². The first-order valence-electron chi connectivity index (χ1n) is 9.29. The number of aromatic nitrogens is 1. The molecular formula is C21H33N3O. The third-order valence-corrected chi connectivity index (χ3v) is 5.01. The van der Waals surface area contributed by atoms with Gasteiger partial charge in [-0.1, -0.05) is 26.0 Å². The first-order chi connectivity index (χ1) is 12.2. The van der Waals surface area contributed by atoms with Crippen molar-refractivity contribution < 1.29 is 9.07 Å². The molecule has 1 aromatic heterocycles. The molecule has 1 saturated heterocycles. The van der Waals surface area contributed by atoms with Crippen LogP contribution < -0.4 is 5.32 Å². The molecule has 2 heterocycles. The highest BCUT2D eigenvalue weighted by Crippen LogP contribution is 2.44. The Morgan fingerprint density at radius 1 is 1.24 bits per heavy atom. The van der Waals surface area contributed by atoms with Gasteiger partial charge in [0.1, 0.15) is 0 Å². The van der Waals surface area contributed by atoms with E-state index >= 15 is 0 Å². The molecule has 2 aromatic rings. The molecule has 2 unspecified atom stereocenters. The number of nitrogens with one attached hydrogen (secondary N) is 1. The van der Waals surface area contributed by atoms with Gasteiger partial charge < -0.3 is 10.2 Å². The molecule has 25 heavy (non-hydrogen) atoms. The summed E-state index contributed by atoms with van der Waals surface area (Å²) < 4.78 is 0. The largest absolute Gasteiger partial charge is 0.324 e. The molecule has 4 nitrogen and oxygen atoms in total. The molecule has 0 spiro atoms. The number of anilines is 1. The van der Waals surface area contributed by atoms with Crippen LogP contribution in [-0.2, 0) is 0 Å². The number of rotatable bonds is 2. The van der Waals surface area contributed by atoms with E-state index in [1.54, 1.807) is 6.20 Å². The van der Waals surface area contributed by atoms with Gasteiger partial charge in [-0.15, -0.1) is 0 Å². The minimum absolute atomic E-state index is 0. The van der Waals surface area contributed by atoms with Crippen molar-refractivity contribution in [3.05, 3.63) is 48.2 Å². The molecule has 4 rings (SSSR count). The summed E-state index contributed by atoms with van der Waals surface area (Å²) in [4.78, 5) is 18.8. The lowest BCUT2D eigenvalue weighted by Gasteiger charge is -2.26. The number of pyridine rings is 1. The highest BCUT2D eigenvalue weighted by atomic mass is 16.2. The van der Waals surface area contributed by atoms with E-state index in [4.69, 9.17) is 0 Å². The first-order valence-corrected chi connectivity index (χ1v) is 9.29. The average molecular weight is 344 g/mol. The van der Waals surface area contributed by atoms with E-state index in [1.807, 2.05) is 55.1 Å². The smallest absolute Gasteiger partial charge is 0.321 e. The summed E-state index contributed by atoms with van der Waals surface area (Å²) >= 11 is 0. The average Bonchev–Trinajstić information content (AvgIpc) is 3.44. The van der Waals surface area contributed by atoms with E-state index in [2.05, 4.69) is 17.2 Å². The summed E-state index contributed by atoms with van der Waals surface area (Å²) in [5.41, 5.74) is 3.98. The van der Waals surface area contributed by atoms with Gasteiger partial charge in [0, 0.05) is 34.8 Å². The number of hydrogen-bond acceptors (Lipinski definition) is 2. The second-order valence-electron chi connectivity index (χ2n) is 6.67. The van der Waals surface area contributed by atoms with Crippen molar-refractivity contribution in [3.8, 4) is 11.3 Å². The minimum atomic E-state index is 0. The summed E-state index contributed by atoms with van der Waals surface area (Å²) in [5.74, 6) is 1.63. The Morgan fingerprint density at radius 3 is 2.80 bits per heavy atom. The Labute approximate surface area is 154 Å². The van der Waals surface area contributed by atoms with Crippen molar-refractivity contribution in [2.24, 2.45) is 11.8 Å².